The number of hydrogen-bond acceptors (Lipinski definition) is 4. The molecule has 0 unspecified atom stereocenters. The molecule has 0 radical (unpaired) electrons. The highest BCUT2D eigenvalue weighted by molar-refractivity contribution is 5.85. The number of furan rings is 1. The van der Waals surface area contributed by atoms with Crippen LogP contribution in [0, 0.1) is 0 Å². The fraction of sp³-hybridized carbons (Fsp3) is 0.167. The van der Waals surface area contributed by atoms with Gasteiger partial charge in [0, 0.05) is 18.3 Å². The van der Waals surface area contributed by atoms with Gasteiger partial charge in [-0.25, -0.2) is 0 Å². The molecule has 2 aromatic heterocycles. The van der Waals surface area contributed by atoms with Crippen LogP contribution in [0.3, 0.4) is 0 Å². The van der Waals surface area contributed by atoms with Crippen LogP contribution in [-0.4, -0.2) is 12.1 Å². The maximum atomic E-state index is 5.87. The Bertz CT molecular complexity index is 729. The Labute approximate surface area is 141 Å². The number of benzene rings is 1. The van der Waals surface area contributed by atoms with E-state index in [4.69, 9.17) is 9.15 Å². The Kier molecular flexibility index (Phi) is 6.20. The van der Waals surface area contributed by atoms with E-state index >= 15 is 0 Å². The zero-order valence-electron chi connectivity index (χ0n) is 12.9. The van der Waals surface area contributed by atoms with E-state index in [-0.39, 0.29) is 12.4 Å². The zero-order chi connectivity index (χ0) is 15.2. The Morgan fingerprint density at radius 3 is 2.74 bits per heavy atom. The SMILES string of the molecule is COc1cccc(-c2ccc(CNCc3ccccn3)o2)c1.Cl. The van der Waals surface area contributed by atoms with Gasteiger partial charge in [-0.1, -0.05) is 18.2 Å². The minimum Gasteiger partial charge on any atom is -0.497 e. The van der Waals surface area contributed by atoms with Crippen LogP contribution in [0.1, 0.15) is 11.5 Å². The molecule has 0 saturated carbocycles. The third kappa shape index (κ3) is 4.58. The van der Waals surface area contributed by atoms with Gasteiger partial charge >= 0.3 is 0 Å². The molecule has 0 aliphatic heterocycles. The number of nitrogens with zero attached hydrogens (tertiary/aromatic N) is 1. The van der Waals surface area contributed by atoms with E-state index in [9.17, 15) is 0 Å². The molecular weight excluding hydrogens is 312 g/mol. The number of rotatable bonds is 6. The molecule has 3 aromatic rings. The van der Waals surface area contributed by atoms with Crippen molar-refractivity contribution in [3.05, 3.63) is 72.2 Å². The first kappa shape index (κ1) is 17.1. The molecular formula is C18H19ClN2O2. The maximum absolute atomic E-state index is 5.87. The van der Waals surface area contributed by atoms with E-state index in [0.717, 1.165) is 35.1 Å². The Hall–Kier alpha value is -2.30. The molecule has 0 atom stereocenters. The smallest absolute Gasteiger partial charge is 0.134 e. The Morgan fingerprint density at radius 2 is 1.96 bits per heavy atom. The van der Waals surface area contributed by atoms with Gasteiger partial charge in [0.15, 0.2) is 0 Å². The molecule has 0 aliphatic rings. The fourth-order valence-electron chi connectivity index (χ4n) is 2.22. The van der Waals surface area contributed by atoms with Crippen molar-refractivity contribution in [2.75, 3.05) is 7.11 Å². The van der Waals surface area contributed by atoms with Gasteiger partial charge in [0.2, 0.25) is 0 Å². The highest BCUT2D eigenvalue weighted by Crippen LogP contribution is 2.25. The third-order valence-electron chi connectivity index (χ3n) is 3.35. The number of pyridine rings is 1. The van der Waals surface area contributed by atoms with Gasteiger partial charge in [-0.15, -0.1) is 12.4 Å². The highest BCUT2D eigenvalue weighted by atomic mass is 35.5. The average Bonchev–Trinajstić information content (AvgIpc) is 3.05. The van der Waals surface area contributed by atoms with Crippen molar-refractivity contribution in [1.29, 1.82) is 0 Å². The summed E-state index contributed by atoms with van der Waals surface area (Å²) in [6, 6.07) is 17.7. The van der Waals surface area contributed by atoms with Crippen molar-refractivity contribution in [2.24, 2.45) is 0 Å². The van der Waals surface area contributed by atoms with Crippen molar-refractivity contribution in [1.82, 2.24) is 10.3 Å². The molecule has 120 valence electrons. The number of methoxy groups -OCH3 is 1. The minimum atomic E-state index is 0. The first-order chi connectivity index (χ1) is 10.8. The third-order valence-corrected chi connectivity index (χ3v) is 3.35. The van der Waals surface area contributed by atoms with Gasteiger partial charge in [0.05, 0.1) is 19.3 Å². The quantitative estimate of drug-likeness (QED) is 0.740. The molecule has 0 spiro atoms. The van der Waals surface area contributed by atoms with Crippen LogP contribution < -0.4 is 10.1 Å². The lowest BCUT2D eigenvalue weighted by Crippen LogP contribution is -2.12. The lowest BCUT2D eigenvalue weighted by molar-refractivity contribution is 0.414. The molecule has 3 rings (SSSR count). The second-order valence-corrected chi connectivity index (χ2v) is 4.92. The van der Waals surface area contributed by atoms with E-state index in [1.807, 2.05) is 54.6 Å². The summed E-state index contributed by atoms with van der Waals surface area (Å²) in [5, 5.41) is 3.32. The molecule has 0 bridgehead atoms. The van der Waals surface area contributed by atoms with E-state index in [1.165, 1.54) is 0 Å². The lowest BCUT2D eigenvalue weighted by atomic mass is 10.2. The van der Waals surface area contributed by atoms with E-state index in [0.29, 0.717) is 6.54 Å². The lowest BCUT2D eigenvalue weighted by Gasteiger charge is -2.03. The minimum absolute atomic E-state index is 0. The highest BCUT2D eigenvalue weighted by Gasteiger charge is 2.06. The molecule has 1 aromatic carbocycles. The Balaban J connectivity index is 0.00000192. The standard InChI is InChI=1S/C18H18N2O2.ClH/c1-21-16-7-4-5-14(11-16)18-9-8-17(22-18)13-19-12-15-6-2-3-10-20-15;/h2-11,19H,12-13H2,1H3;1H. The first-order valence-electron chi connectivity index (χ1n) is 7.19. The summed E-state index contributed by atoms with van der Waals surface area (Å²) in [7, 11) is 1.66. The zero-order valence-corrected chi connectivity index (χ0v) is 13.7. The largest absolute Gasteiger partial charge is 0.497 e. The number of nitrogens with one attached hydrogen (secondary N) is 1. The fourth-order valence-corrected chi connectivity index (χ4v) is 2.22. The molecule has 1 N–H and O–H groups in total. The topological polar surface area (TPSA) is 47.3 Å². The second-order valence-electron chi connectivity index (χ2n) is 4.92. The molecule has 0 saturated heterocycles. The predicted octanol–water partition coefficient (Wildman–Crippen LogP) is 4.06. The van der Waals surface area contributed by atoms with Crippen molar-refractivity contribution in [3.63, 3.8) is 0 Å². The molecule has 5 heteroatoms. The van der Waals surface area contributed by atoms with Gasteiger partial charge in [-0.05, 0) is 36.4 Å². The summed E-state index contributed by atoms with van der Waals surface area (Å²) in [6.07, 6.45) is 1.80. The summed E-state index contributed by atoms with van der Waals surface area (Å²) in [4.78, 5) is 4.27. The molecule has 0 fully saturated rings. The monoisotopic (exact) mass is 330 g/mol. The van der Waals surface area contributed by atoms with E-state index in [1.54, 1.807) is 13.3 Å². The number of halogens is 1. The summed E-state index contributed by atoms with van der Waals surface area (Å²) in [5.74, 6) is 2.56. The van der Waals surface area contributed by atoms with Crippen LogP contribution in [0.25, 0.3) is 11.3 Å². The van der Waals surface area contributed by atoms with E-state index in [2.05, 4.69) is 10.3 Å². The van der Waals surface area contributed by atoms with E-state index < -0.39 is 0 Å². The van der Waals surface area contributed by atoms with Gasteiger partial charge in [-0.3, -0.25) is 4.98 Å². The van der Waals surface area contributed by atoms with Gasteiger partial charge in [-0.2, -0.15) is 0 Å². The average molecular weight is 331 g/mol. The summed E-state index contributed by atoms with van der Waals surface area (Å²) in [6.45, 7) is 1.39. The van der Waals surface area contributed by atoms with Crippen molar-refractivity contribution in [3.8, 4) is 17.1 Å². The van der Waals surface area contributed by atoms with Crippen molar-refractivity contribution >= 4 is 12.4 Å². The van der Waals surface area contributed by atoms with Crippen LogP contribution in [-0.2, 0) is 13.1 Å². The molecule has 4 nitrogen and oxygen atoms in total. The maximum Gasteiger partial charge on any atom is 0.134 e. The normalized spacial score (nSPS) is 10.1. The number of aromatic nitrogens is 1. The second kappa shape index (κ2) is 8.36. The molecule has 23 heavy (non-hydrogen) atoms. The number of hydrogen-bond donors (Lipinski definition) is 1. The van der Waals surface area contributed by atoms with Crippen LogP contribution >= 0.6 is 12.4 Å². The van der Waals surface area contributed by atoms with Gasteiger partial charge in [0.25, 0.3) is 0 Å². The number of ether oxygens (including phenoxy) is 1. The first-order valence-corrected chi connectivity index (χ1v) is 7.19. The van der Waals surface area contributed by atoms with Gasteiger partial charge in [0.1, 0.15) is 17.3 Å². The Morgan fingerprint density at radius 1 is 1.04 bits per heavy atom. The molecule has 2 heterocycles. The summed E-state index contributed by atoms with van der Waals surface area (Å²) in [5.41, 5.74) is 2.03. The molecule has 0 amide bonds. The summed E-state index contributed by atoms with van der Waals surface area (Å²) < 4.78 is 11.1. The predicted molar refractivity (Wildman–Crippen MR) is 92.7 cm³/mol. The summed E-state index contributed by atoms with van der Waals surface area (Å²) >= 11 is 0. The van der Waals surface area contributed by atoms with Crippen molar-refractivity contribution in [2.45, 2.75) is 13.1 Å². The van der Waals surface area contributed by atoms with Gasteiger partial charge < -0.3 is 14.5 Å². The van der Waals surface area contributed by atoms with Crippen LogP contribution in [0.2, 0.25) is 0 Å². The van der Waals surface area contributed by atoms with Crippen LogP contribution in [0.15, 0.2) is 65.2 Å². The van der Waals surface area contributed by atoms with Crippen molar-refractivity contribution < 1.29 is 9.15 Å². The van der Waals surface area contributed by atoms with Crippen LogP contribution in [0.5, 0.6) is 5.75 Å². The van der Waals surface area contributed by atoms with Crippen LogP contribution in [0.4, 0.5) is 0 Å². The molecule has 0 aliphatic carbocycles.